The van der Waals surface area contributed by atoms with E-state index in [1.807, 2.05) is 0 Å². The Morgan fingerprint density at radius 3 is 2.15 bits per heavy atom. The highest BCUT2D eigenvalue weighted by atomic mass is 16.7. The first-order chi connectivity index (χ1) is 16.0. The number of phenols is 5. The minimum absolute atomic E-state index is 0.0263. The van der Waals surface area contributed by atoms with Crippen LogP contribution in [-0.2, 0) is 20.7 Å². The van der Waals surface area contributed by atoms with E-state index >= 15 is 0 Å². The molecule has 0 aromatic heterocycles. The highest BCUT2D eigenvalue weighted by Crippen LogP contribution is 2.46. The summed E-state index contributed by atoms with van der Waals surface area (Å²) in [5, 5.41) is 89.1. The number of phenolic OH excluding ortho intramolecular Hbond substituents is 5. The summed E-state index contributed by atoms with van der Waals surface area (Å²) in [7, 11) is 0. The van der Waals surface area contributed by atoms with Gasteiger partial charge in [-0.05, 0) is 12.1 Å². The van der Waals surface area contributed by atoms with E-state index in [4.69, 9.17) is 14.2 Å². The fraction of sp³-hybridized carbons (Fsp3) is 0.381. The lowest BCUT2D eigenvalue weighted by Gasteiger charge is -2.42. The van der Waals surface area contributed by atoms with E-state index in [-0.39, 0.29) is 34.8 Å². The lowest BCUT2D eigenvalue weighted by molar-refractivity contribution is -0.310. The van der Waals surface area contributed by atoms with Crippen LogP contribution in [-0.4, -0.2) is 88.7 Å². The van der Waals surface area contributed by atoms with Gasteiger partial charge < -0.3 is 60.2 Å². The molecular formula is C21H22O13. The van der Waals surface area contributed by atoms with Crippen LogP contribution in [0.25, 0.3) is 0 Å². The van der Waals surface area contributed by atoms with E-state index in [9.17, 15) is 50.8 Å². The van der Waals surface area contributed by atoms with Gasteiger partial charge in [0.25, 0.3) is 0 Å². The number of aliphatic hydroxyl groups excluding tert-OH is 3. The Morgan fingerprint density at radius 1 is 0.882 bits per heavy atom. The van der Waals surface area contributed by atoms with Crippen LogP contribution in [0.15, 0.2) is 24.3 Å². The number of aromatic hydroxyl groups is 5. The summed E-state index contributed by atoms with van der Waals surface area (Å²) >= 11 is 0. The van der Waals surface area contributed by atoms with Crippen molar-refractivity contribution >= 4 is 5.97 Å². The summed E-state index contributed by atoms with van der Waals surface area (Å²) in [5.41, 5.74) is 0.235. The summed E-state index contributed by atoms with van der Waals surface area (Å²) in [6.07, 6.45) is -12.0. The monoisotopic (exact) mass is 482 g/mol. The first kappa shape index (κ1) is 23.7. The molecule has 2 aromatic rings. The normalized spacial score (nSPS) is 30.9. The largest absolute Gasteiger partial charge is 0.508 e. The predicted octanol–water partition coefficient (Wildman–Crippen LogP) is -0.832. The SMILES string of the molecule is O=C(O)C1OC(O[C@@H]2Cc3c(O)cc(O)cc3O[C@@H]2c2cc(O)c(O)c(O)c2)C(O)C(O)C1O. The molecule has 0 radical (unpaired) electrons. The fourth-order valence-corrected chi connectivity index (χ4v) is 3.98. The second-order valence-electron chi connectivity index (χ2n) is 8.00. The smallest absolute Gasteiger partial charge is 0.335 e. The molecule has 5 unspecified atom stereocenters. The second kappa shape index (κ2) is 8.70. The first-order valence-electron chi connectivity index (χ1n) is 10.0. The number of ether oxygens (including phenoxy) is 3. The molecule has 2 aliphatic heterocycles. The van der Waals surface area contributed by atoms with Crippen LogP contribution in [0.5, 0.6) is 34.5 Å². The molecule has 0 spiro atoms. The third-order valence-electron chi connectivity index (χ3n) is 5.71. The number of fused-ring (bicyclic) bond motifs is 1. The minimum Gasteiger partial charge on any atom is -0.508 e. The van der Waals surface area contributed by atoms with Gasteiger partial charge in [-0.1, -0.05) is 0 Å². The van der Waals surface area contributed by atoms with Crippen LogP contribution in [0.2, 0.25) is 0 Å². The Labute approximate surface area is 190 Å². The van der Waals surface area contributed by atoms with Gasteiger partial charge in [0, 0.05) is 29.7 Å². The molecule has 1 fully saturated rings. The molecule has 9 N–H and O–H groups in total. The Morgan fingerprint density at radius 2 is 1.53 bits per heavy atom. The Kier molecular flexibility index (Phi) is 6.05. The zero-order valence-electron chi connectivity index (χ0n) is 17.2. The van der Waals surface area contributed by atoms with Crippen LogP contribution < -0.4 is 4.74 Å². The molecule has 2 aliphatic rings. The maximum Gasteiger partial charge on any atom is 0.335 e. The van der Waals surface area contributed by atoms with Gasteiger partial charge in [-0.3, -0.25) is 0 Å². The second-order valence-corrected chi connectivity index (χ2v) is 8.00. The quantitative estimate of drug-likeness (QED) is 0.243. The van der Waals surface area contributed by atoms with Crippen molar-refractivity contribution in [3.63, 3.8) is 0 Å². The third kappa shape index (κ3) is 4.10. The highest BCUT2D eigenvalue weighted by Gasteiger charge is 2.49. The third-order valence-corrected chi connectivity index (χ3v) is 5.71. The summed E-state index contributed by atoms with van der Waals surface area (Å²) in [6, 6.07) is 4.36. The van der Waals surface area contributed by atoms with Gasteiger partial charge in [0.15, 0.2) is 35.7 Å². The average Bonchev–Trinajstić information content (AvgIpc) is 2.77. The van der Waals surface area contributed by atoms with E-state index in [0.29, 0.717) is 0 Å². The summed E-state index contributed by atoms with van der Waals surface area (Å²) in [6.45, 7) is 0. The highest BCUT2D eigenvalue weighted by molar-refractivity contribution is 5.73. The molecular weight excluding hydrogens is 460 g/mol. The zero-order chi connectivity index (χ0) is 24.9. The molecule has 7 atom stereocenters. The van der Waals surface area contributed by atoms with Gasteiger partial charge in [-0.15, -0.1) is 0 Å². The number of benzene rings is 2. The van der Waals surface area contributed by atoms with E-state index in [1.54, 1.807) is 0 Å². The lowest BCUT2D eigenvalue weighted by Crippen LogP contribution is -2.61. The van der Waals surface area contributed by atoms with Crippen molar-refractivity contribution in [1.82, 2.24) is 0 Å². The van der Waals surface area contributed by atoms with Crippen molar-refractivity contribution in [3.05, 3.63) is 35.4 Å². The van der Waals surface area contributed by atoms with Gasteiger partial charge in [0.2, 0.25) is 0 Å². The number of hydrogen-bond acceptors (Lipinski definition) is 12. The van der Waals surface area contributed by atoms with E-state index in [0.717, 1.165) is 18.2 Å². The van der Waals surface area contributed by atoms with E-state index < -0.39 is 66.1 Å². The van der Waals surface area contributed by atoms with Crippen molar-refractivity contribution in [2.45, 2.75) is 49.3 Å². The molecule has 1 saturated heterocycles. The summed E-state index contributed by atoms with van der Waals surface area (Å²) in [4.78, 5) is 11.4. The zero-order valence-corrected chi connectivity index (χ0v) is 17.2. The van der Waals surface area contributed by atoms with Gasteiger partial charge in [-0.2, -0.15) is 0 Å². The van der Waals surface area contributed by atoms with Crippen LogP contribution in [0, 0.1) is 0 Å². The van der Waals surface area contributed by atoms with Crippen LogP contribution in [0.1, 0.15) is 17.2 Å². The maximum absolute atomic E-state index is 11.4. The summed E-state index contributed by atoms with van der Waals surface area (Å²) < 4.78 is 16.7. The number of hydrogen-bond donors (Lipinski definition) is 9. The molecule has 34 heavy (non-hydrogen) atoms. The Hall–Kier alpha value is -3.49. The van der Waals surface area contributed by atoms with Gasteiger partial charge in [0.05, 0.1) is 0 Å². The number of carboxylic acid groups (broad SMARTS) is 1. The molecule has 0 saturated carbocycles. The molecule has 13 nitrogen and oxygen atoms in total. The minimum atomic E-state index is -1.94. The molecule has 13 heteroatoms. The number of aliphatic hydroxyl groups is 3. The summed E-state index contributed by atoms with van der Waals surface area (Å²) in [5.74, 6) is -4.45. The topological polar surface area (TPSA) is 227 Å². The molecule has 4 rings (SSSR count). The molecule has 184 valence electrons. The molecule has 0 bridgehead atoms. The number of carboxylic acids is 1. The van der Waals surface area contributed by atoms with Crippen molar-refractivity contribution in [2.75, 3.05) is 0 Å². The molecule has 2 aromatic carbocycles. The molecule has 0 amide bonds. The van der Waals surface area contributed by atoms with Gasteiger partial charge >= 0.3 is 5.97 Å². The van der Waals surface area contributed by atoms with Crippen LogP contribution in [0.4, 0.5) is 0 Å². The van der Waals surface area contributed by atoms with E-state index in [2.05, 4.69) is 0 Å². The average molecular weight is 482 g/mol. The standard InChI is InChI=1S/C21H22O13/c22-7-3-9(23)8-5-13(33-21-17(29)15(27)16(28)19(34-21)20(30)31)18(32-12(8)4-7)6-1-10(24)14(26)11(25)2-6/h1-4,13,15-19,21-29H,5H2,(H,30,31)/t13-,15?,16?,17?,18-,19?,21?/m1/s1. The molecule has 2 heterocycles. The molecule has 0 aliphatic carbocycles. The van der Waals surface area contributed by atoms with Gasteiger partial charge in [0.1, 0.15) is 41.7 Å². The predicted molar refractivity (Wildman–Crippen MR) is 107 cm³/mol. The van der Waals surface area contributed by atoms with Gasteiger partial charge in [-0.25, -0.2) is 4.79 Å². The number of aliphatic carboxylic acids is 1. The first-order valence-corrected chi connectivity index (χ1v) is 10.0. The van der Waals surface area contributed by atoms with Crippen molar-refractivity contribution in [2.24, 2.45) is 0 Å². The van der Waals surface area contributed by atoms with Crippen molar-refractivity contribution in [3.8, 4) is 34.5 Å². The van der Waals surface area contributed by atoms with Crippen molar-refractivity contribution < 1.29 is 65.0 Å². The fourth-order valence-electron chi connectivity index (χ4n) is 3.98. The Bertz CT molecular complexity index is 1080. The van der Waals surface area contributed by atoms with E-state index in [1.165, 1.54) is 6.07 Å². The van der Waals surface area contributed by atoms with Crippen LogP contribution in [0.3, 0.4) is 0 Å². The van der Waals surface area contributed by atoms with Crippen molar-refractivity contribution in [1.29, 1.82) is 0 Å². The number of rotatable bonds is 4. The lowest BCUT2D eigenvalue weighted by atomic mass is 9.93. The Balaban J connectivity index is 1.72. The maximum atomic E-state index is 11.4. The number of carbonyl (C=O) groups is 1. The van der Waals surface area contributed by atoms with Crippen LogP contribution >= 0.6 is 0 Å².